The van der Waals surface area contributed by atoms with E-state index in [1.54, 1.807) is 50.4 Å². The average molecular weight is 303 g/mol. The van der Waals surface area contributed by atoms with Crippen LogP contribution in [0.5, 0.6) is 5.75 Å². The highest BCUT2D eigenvalue weighted by Gasteiger charge is 2.14. The van der Waals surface area contributed by atoms with Crippen molar-refractivity contribution >= 4 is 5.91 Å². The first-order valence-electron chi connectivity index (χ1n) is 6.91. The van der Waals surface area contributed by atoms with Crippen LogP contribution in [0.1, 0.15) is 27.6 Å². The molecule has 0 aliphatic heterocycles. The highest BCUT2D eigenvalue weighted by atomic mass is 19.1. The van der Waals surface area contributed by atoms with Crippen molar-refractivity contribution in [2.45, 2.75) is 13.0 Å². The molecule has 1 atom stereocenters. The highest BCUT2D eigenvalue weighted by Crippen LogP contribution is 2.23. The minimum absolute atomic E-state index is 0.189. The summed E-state index contributed by atoms with van der Waals surface area (Å²) in [6.45, 7) is 1.39. The van der Waals surface area contributed by atoms with Gasteiger partial charge in [0, 0.05) is 12.6 Å². The number of nitrogens with one attached hydrogen (secondary N) is 1. The Balaban J connectivity index is 2.16. The van der Waals surface area contributed by atoms with E-state index in [0.29, 0.717) is 22.4 Å². The van der Waals surface area contributed by atoms with Crippen molar-refractivity contribution in [2.24, 2.45) is 0 Å². The second-order valence-electron chi connectivity index (χ2n) is 4.90. The molecule has 0 aromatic heterocycles. The number of hydrogen-bond donors (Lipinski definition) is 2. The summed E-state index contributed by atoms with van der Waals surface area (Å²) in [6.07, 6.45) is -0.666. The zero-order valence-corrected chi connectivity index (χ0v) is 12.5. The van der Waals surface area contributed by atoms with Crippen LogP contribution in [0.3, 0.4) is 0 Å². The summed E-state index contributed by atoms with van der Waals surface area (Å²) in [6, 6.07) is 11.2. The Hall–Kier alpha value is -2.40. The van der Waals surface area contributed by atoms with Gasteiger partial charge in [-0.3, -0.25) is 4.79 Å². The van der Waals surface area contributed by atoms with Gasteiger partial charge in [-0.15, -0.1) is 0 Å². The molecule has 2 rings (SSSR count). The van der Waals surface area contributed by atoms with Gasteiger partial charge in [-0.1, -0.05) is 12.1 Å². The molecule has 0 spiro atoms. The van der Waals surface area contributed by atoms with Gasteiger partial charge >= 0.3 is 0 Å². The largest absolute Gasteiger partial charge is 0.483 e. The molecule has 0 aliphatic rings. The van der Waals surface area contributed by atoms with Crippen LogP contribution in [0.4, 0.5) is 4.39 Å². The molecule has 0 aliphatic carbocycles. The predicted molar refractivity (Wildman–Crippen MR) is 81.4 cm³/mol. The summed E-state index contributed by atoms with van der Waals surface area (Å²) >= 11 is 0. The maximum absolute atomic E-state index is 13.6. The van der Waals surface area contributed by atoms with E-state index in [1.165, 1.54) is 6.07 Å². The number of rotatable bonds is 5. The maximum Gasteiger partial charge on any atom is 0.251 e. The minimum atomic E-state index is -0.666. The Morgan fingerprint density at radius 3 is 2.50 bits per heavy atom. The lowest BCUT2D eigenvalue weighted by atomic mass is 10.1. The summed E-state index contributed by atoms with van der Waals surface area (Å²) in [7, 11) is 1.56. The van der Waals surface area contributed by atoms with Gasteiger partial charge in [-0.25, -0.2) is 4.39 Å². The van der Waals surface area contributed by atoms with Crippen molar-refractivity contribution in [3.63, 3.8) is 0 Å². The number of ether oxygens (including phenoxy) is 1. The van der Waals surface area contributed by atoms with Crippen LogP contribution < -0.4 is 10.1 Å². The van der Waals surface area contributed by atoms with Gasteiger partial charge in [0.05, 0.1) is 6.61 Å². The van der Waals surface area contributed by atoms with Crippen molar-refractivity contribution in [3.05, 3.63) is 65.0 Å². The van der Waals surface area contributed by atoms with Crippen molar-refractivity contribution < 1.29 is 19.0 Å². The standard InChI is InChI=1S/C17H18FNO3/c1-11-3-4-13(9-15(11)18)16(10-20)22-14-7-5-12(6-8-14)17(21)19-2/h3-9,16,20H,10H2,1-2H3,(H,19,21). The highest BCUT2D eigenvalue weighted by molar-refractivity contribution is 5.94. The molecule has 0 saturated heterocycles. The molecule has 2 N–H and O–H groups in total. The summed E-state index contributed by atoms with van der Waals surface area (Å²) in [5.41, 5.74) is 1.60. The smallest absolute Gasteiger partial charge is 0.251 e. The van der Waals surface area contributed by atoms with Gasteiger partial charge in [0.1, 0.15) is 17.7 Å². The van der Waals surface area contributed by atoms with Crippen molar-refractivity contribution in [1.29, 1.82) is 0 Å². The lowest BCUT2D eigenvalue weighted by molar-refractivity contribution is 0.0962. The number of carbonyl (C=O) groups is 1. The molecule has 0 bridgehead atoms. The number of carbonyl (C=O) groups excluding carboxylic acids is 1. The fourth-order valence-electron chi connectivity index (χ4n) is 2.01. The molecule has 0 radical (unpaired) electrons. The third-order valence-electron chi connectivity index (χ3n) is 3.36. The quantitative estimate of drug-likeness (QED) is 0.892. The molecule has 0 fully saturated rings. The summed E-state index contributed by atoms with van der Waals surface area (Å²) < 4.78 is 19.3. The van der Waals surface area contributed by atoms with Crippen LogP contribution in [0.15, 0.2) is 42.5 Å². The second-order valence-corrected chi connectivity index (χ2v) is 4.90. The molecule has 2 aromatic rings. The normalized spacial score (nSPS) is 11.8. The molecule has 22 heavy (non-hydrogen) atoms. The maximum atomic E-state index is 13.6. The van der Waals surface area contributed by atoms with E-state index in [4.69, 9.17) is 4.74 Å². The van der Waals surface area contributed by atoms with Gasteiger partial charge in [0.25, 0.3) is 5.91 Å². The van der Waals surface area contributed by atoms with Gasteiger partial charge in [0.15, 0.2) is 0 Å². The third-order valence-corrected chi connectivity index (χ3v) is 3.36. The van der Waals surface area contributed by atoms with Crippen LogP contribution in [-0.2, 0) is 0 Å². The molecular weight excluding hydrogens is 285 g/mol. The van der Waals surface area contributed by atoms with Crippen LogP contribution in [0.25, 0.3) is 0 Å². The van der Waals surface area contributed by atoms with Crippen LogP contribution in [0, 0.1) is 12.7 Å². The summed E-state index contributed by atoms with van der Waals surface area (Å²) in [5.74, 6) is -0.0342. The van der Waals surface area contributed by atoms with Crippen LogP contribution in [-0.4, -0.2) is 24.7 Å². The zero-order chi connectivity index (χ0) is 16.1. The van der Waals surface area contributed by atoms with E-state index in [-0.39, 0.29) is 18.3 Å². The molecule has 4 nitrogen and oxygen atoms in total. The Morgan fingerprint density at radius 1 is 1.27 bits per heavy atom. The van der Waals surface area contributed by atoms with Crippen LogP contribution in [0.2, 0.25) is 0 Å². The van der Waals surface area contributed by atoms with E-state index < -0.39 is 6.10 Å². The molecule has 1 amide bonds. The van der Waals surface area contributed by atoms with E-state index >= 15 is 0 Å². The topological polar surface area (TPSA) is 58.6 Å². The van der Waals surface area contributed by atoms with Crippen molar-refractivity contribution in [1.82, 2.24) is 5.32 Å². The second kappa shape index (κ2) is 7.04. The Kier molecular flexibility index (Phi) is 5.12. The Bertz CT molecular complexity index is 655. The number of aryl methyl sites for hydroxylation is 1. The third kappa shape index (κ3) is 3.62. The first-order chi connectivity index (χ1) is 10.5. The number of benzene rings is 2. The summed E-state index contributed by atoms with van der Waals surface area (Å²) in [4.78, 5) is 11.5. The van der Waals surface area contributed by atoms with E-state index in [2.05, 4.69) is 5.32 Å². The zero-order valence-electron chi connectivity index (χ0n) is 12.5. The van der Waals surface area contributed by atoms with E-state index in [9.17, 15) is 14.3 Å². The molecule has 0 saturated carbocycles. The van der Waals surface area contributed by atoms with Gasteiger partial charge in [-0.2, -0.15) is 0 Å². The molecule has 1 unspecified atom stereocenters. The van der Waals surface area contributed by atoms with Crippen LogP contribution >= 0.6 is 0 Å². The molecule has 5 heteroatoms. The fraction of sp³-hybridized carbons (Fsp3) is 0.235. The minimum Gasteiger partial charge on any atom is -0.483 e. The number of halogens is 1. The molecular formula is C17H18FNO3. The Morgan fingerprint density at radius 2 is 1.95 bits per heavy atom. The fourth-order valence-corrected chi connectivity index (χ4v) is 2.01. The number of hydrogen-bond acceptors (Lipinski definition) is 3. The number of aliphatic hydroxyl groups excluding tert-OH is 1. The van der Waals surface area contributed by atoms with Crippen molar-refractivity contribution in [3.8, 4) is 5.75 Å². The molecule has 116 valence electrons. The monoisotopic (exact) mass is 303 g/mol. The number of aliphatic hydroxyl groups is 1. The predicted octanol–water partition coefficient (Wildman–Crippen LogP) is 2.61. The van der Waals surface area contributed by atoms with Gasteiger partial charge in [-0.05, 0) is 48.4 Å². The van der Waals surface area contributed by atoms with E-state index in [0.717, 1.165) is 0 Å². The SMILES string of the molecule is CNC(=O)c1ccc(OC(CO)c2ccc(C)c(F)c2)cc1. The molecule has 2 aromatic carbocycles. The number of amides is 1. The first-order valence-corrected chi connectivity index (χ1v) is 6.91. The lowest BCUT2D eigenvalue weighted by Gasteiger charge is -2.18. The van der Waals surface area contributed by atoms with Gasteiger partial charge in [0.2, 0.25) is 0 Å². The summed E-state index contributed by atoms with van der Waals surface area (Å²) in [5, 5.41) is 12.0. The van der Waals surface area contributed by atoms with E-state index in [1.807, 2.05) is 0 Å². The van der Waals surface area contributed by atoms with Gasteiger partial charge < -0.3 is 15.2 Å². The first kappa shape index (κ1) is 16.0. The lowest BCUT2D eigenvalue weighted by Crippen LogP contribution is -2.17. The Labute approximate surface area is 128 Å². The molecule has 0 heterocycles. The van der Waals surface area contributed by atoms with Crippen molar-refractivity contribution in [2.75, 3.05) is 13.7 Å². The average Bonchev–Trinajstić information content (AvgIpc) is 2.55.